The van der Waals surface area contributed by atoms with Crippen LogP contribution in [0.3, 0.4) is 0 Å². The molecule has 22 heavy (non-hydrogen) atoms. The Morgan fingerprint density at radius 1 is 1.27 bits per heavy atom. The molecule has 0 aliphatic heterocycles. The van der Waals surface area contributed by atoms with Crippen LogP contribution in [0.25, 0.3) is 0 Å². The minimum Gasteiger partial charge on any atom is -0.379 e. The number of carbonyl (C=O) groups is 1. The Labute approximate surface area is 138 Å². The van der Waals surface area contributed by atoms with Crippen LogP contribution in [-0.4, -0.2) is 16.9 Å². The fourth-order valence-electron chi connectivity index (χ4n) is 2.03. The number of benzene rings is 1. The number of aromatic nitrogens is 1. The van der Waals surface area contributed by atoms with Gasteiger partial charge in [-0.2, -0.15) is 0 Å². The number of hydrogen-bond acceptors (Lipinski definition) is 3. The van der Waals surface area contributed by atoms with Gasteiger partial charge in [-0.3, -0.25) is 9.78 Å². The van der Waals surface area contributed by atoms with Crippen LogP contribution in [0.5, 0.6) is 0 Å². The van der Waals surface area contributed by atoms with Crippen LogP contribution in [0.15, 0.2) is 36.5 Å². The summed E-state index contributed by atoms with van der Waals surface area (Å²) in [5, 5.41) is 7.21. The van der Waals surface area contributed by atoms with E-state index in [1.54, 1.807) is 18.3 Å². The molecule has 0 saturated heterocycles. The van der Waals surface area contributed by atoms with Gasteiger partial charge < -0.3 is 10.6 Å². The maximum absolute atomic E-state index is 12.0. The first-order valence-corrected chi connectivity index (χ1v) is 7.82. The molecule has 1 heterocycles. The standard InChI is InChI=1S/C16H15Cl2N3O/c17-11-7-14(18)15(20-8-11)9-19-13-3-1-2-10(6-13)16(22)21-12-4-5-12/h1-3,6-8,12,19H,4-5,9H2,(H,21,22). The molecule has 114 valence electrons. The van der Waals surface area contributed by atoms with Crippen molar-refractivity contribution in [2.24, 2.45) is 0 Å². The summed E-state index contributed by atoms with van der Waals surface area (Å²) in [7, 11) is 0. The summed E-state index contributed by atoms with van der Waals surface area (Å²) in [5.41, 5.74) is 2.20. The minimum atomic E-state index is -0.0335. The molecule has 4 nitrogen and oxygen atoms in total. The van der Waals surface area contributed by atoms with Crippen molar-refractivity contribution in [1.82, 2.24) is 10.3 Å². The fraction of sp³-hybridized carbons (Fsp3) is 0.250. The third-order valence-corrected chi connectivity index (χ3v) is 3.92. The Balaban J connectivity index is 1.65. The van der Waals surface area contributed by atoms with Gasteiger partial charge in [0.25, 0.3) is 5.91 Å². The quantitative estimate of drug-likeness (QED) is 0.871. The van der Waals surface area contributed by atoms with Gasteiger partial charge in [-0.15, -0.1) is 0 Å². The molecule has 6 heteroatoms. The van der Waals surface area contributed by atoms with Gasteiger partial charge in [-0.1, -0.05) is 29.3 Å². The Bertz CT molecular complexity index is 702. The first-order chi connectivity index (χ1) is 10.6. The molecule has 1 saturated carbocycles. The SMILES string of the molecule is O=C(NC1CC1)c1cccc(NCc2ncc(Cl)cc2Cl)c1. The summed E-state index contributed by atoms with van der Waals surface area (Å²) in [6.45, 7) is 0.462. The largest absolute Gasteiger partial charge is 0.379 e. The van der Waals surface area contributed by atoms with Gasteiger partial charge in [0.15, 0.2) is 0 Å². The number of halogens is 2. The summed E-state index contributed by atoms with van der Waals surface area (Å²) in [6, 6.07) is 9.38. The predicted octanol–water partition coefficient (Wildman–Crippen LogP) is 3.89. The molecule has 0 bridgehead atoms. The smallest absolute Gasteiger partial charge is 0.251 e. The summed E-state index contributed by atoms with van der Waals surface area (Å²) < 4.78 is 0. The second kappa shape index (κ2) is 6.55. The maximum atomic E-state index is 12.0. The van der Waals surface area contributed by atoms with Crippen LogP contribution in [0, 0.1) is 0 Å². The van der Waals surface area contributed by atoms with Crippen LogP contribution in [-0.2, 0) is 6.54 Å². The lowest BCUT2D eigenvalue weighted by atomic mass is 10.2. The number of rotatable bonds is 5. The van der Waals surface area contributed by atoms with Crippen LogP contribution >= 0.6 is 23.2 Å². The molecule has 2 aromatic rings. The van der Waals surface area contributed by atoms with Crippen molar-refractivity contribution in [2.45, 2.75) is 25.4 Å². The van der Waals surface area contributed by atoms with Gasteiger partial charge >= 0.3 is 0 Å². The van der Waals surface area contributed by atoms with E-state index in [0.717, 1.165) is 18.5 Å². The number of hydrogen-bond donors (Lipinski definition) is 2. The molecule has 1 fully saturated rings. The van der Waals surface area contributed by atoms with Crippen molar-refractivity contribution in [3.8, 4) is 0 Å². The maximum Gasteiger partial charge on any atom is 0.251 e. The van der Waals surface area contributed by atoms with E-state index in [9.17, 15) is 4.79 Å². The van der Waals surface area contributed by atoms with Gasteiger partial charge in [-0.25, -0.2) is 0 Å². The lowest BCUT2D eigenvalue weighted by Crippen LogP contribution is -2.25. The highest BCUT2D eigenvalue weighted by Crippen LogP contribution is 2.21. The van der Waals surface area contributed by atoms with Crippen LogP contribution in [0.1, 0.15) is 28.9 Å². The second-order valence-electron chi connectivity index (χ2n) is 5.26. The Hall–Kier alpha value is -1.78. The van der Waals surface area contributed by atoms with Crippen molar-refractivity contribution in [3.63, 3.8) is 0 Å². The van der Waals surface area contributed by atoms with E-state index in [-0.39, 0.29) is 5.91 Å². The van der Waals surface area contributed by atoms with Gasteiger partial charge in [0, 0.05) is 23.5 Å². The Kier molecular flexibility index (Phi) is 4.50. The molecule has 1 aromatic carbocycles. The van der Waals surface area contributed by atoms with Gasteiger partial charge in [0.2, 0.25) is 0 Å². The number of amides is 1. The van der Waals surface area contributed by atoms with E-state index in [0.29, 0.717) is 33.9 Å². The predicted molar refractivity (Wildman–Crippen MR) is 88.5 cm³/mol. The highest BCUT2D eigenvalue weighted by atomic mass is 35.5. The second-order valence-corrected chi connectivity index (χ2v) is 6.11. The summed E-state index contributed by atoms with van der Waals surface area (Å²) >= 11 is 11.9. The van der Waals surface area contributed by atoms with Crippen molar-refractivity contribution in [2.75, 3.05) is 5.32 Å². The van der Waals surface area contributed by atoms with E-state index in [1.807, 2.05) is 18.2 Å². The Morgan fingerprint density at radius 2 is 2.09 bits per heavy atom. The van der Waals surface area contributed by atoms with Crippen molar-refractivity contribution in [1.29, 1.82) is 0 Å². The molecule has 1 amide bonds. The zero-order chi connectivity index (χ0) is 15.5. The first kappa shape index (κ1) is 15.1. The van der Waals surface area contributed by atoms with Gasteiger partial charge in [-0.05, 0) is 37.1 Å². The Morgan fingerprint density at radius 3 is 2.82 bits per heavy atom. The van der Waals surface area contributed by atoms with E-state index in [2.05, 4.69) is 15.6 Å². The number of carbonyl (C=O) groups excluding carboxylic acids is 1. The average molecular weight is 336 g/mol. The van der Waals surface area contributed by atoms with Gasteiger partial charge in [0.1, 0.15) is 0 Å². The van der Waals surface area contributed by atoms with E-state index >= 15 is 0 Å². The highest BCUT2D eigenvalue weighted by Gasteiger charge is 2.23. The minimum absolute atomic E-state index is 0.0335. The normalized spacial score (nSPS) is 13.7. The van der Waals surface area contributed by atoms with Crippen molar-refractivity contribution < 1.29 is 4.79 Å². The molecule has 1 aliphatic rings. The number of nitrogens with zero attached hydrogens (tertiary/aromatic N) is 1. The lowest BCUT2D eigenvalue weighted by molar-refractivity contribution is 0.0951. The molecule has 0 atom stereocenters. The van der Waals surface area contributed by atoms with Crippen molar-refractivity contribution in [3.05, 3.63) is 57.8 Å². The number of pyridine rings is 1. The lowest BCUT2D eigenvalue weighted by Gasteiger charge is -2.09. The van der Waals surface area contributed by atoms with Crippen LogP contribution in [0.2, 0.25) is 10.0 Å². The molecule has 3 rings (SSSR count). The molecule has 1 aliphatic carbocycles. The highest BCUT2D eigenvalue weighted by molar-refractivity contribution is 6.34. The molecular weight excluding hydrogens is 321 g/mol. The topological polar surface area (TPSA) is 54.0 Å². The van der Waals surface area contributed by atoms with E-state index in [1.165, 1.54) is 0 Å². The molecule has 2 N–H and O–H groups in total. The van der Waals surface area contributed by atoms with Crippen molar-refractivity contribution >= 4 is 34.8 Å². The van der Waals surface area contributed by atoms with E-state index in [4.69, 9.17) is 23.2 Å². The summed E-state index contributed by atoms with van der Waals surface area (Å²) in [6.07, 6.45) is 3.71. The average Bonchev–Trinajstić information content (AvgIpc) is 3.30. The van der Waals surface area contributed by atoms with Crippen LogP contribution in [0.4, 0.5) is 5.69 Å². The molecular formula is C16H15Cl2N3O. The van der Waals surface area contributed by atoms with Gasteiger partial charge in [0.05, 0.1) is 22.3 Å². The number of anilines is 1. The molecule has 0 unspecified atom stereocenters. The monoisotopic (exact) mass is 335 g/mol. The zero-order valence-electron chi connectivity index (χ0n) is 11.8. The molecule has 0 radical (unpaired) electrons. The molecule has 0 spiro atoms. The third kappa shape index (κ3) is 3.90. The molecule has 1 aromatic heterocycles. The number of nitrogens with one attached hydrogen (secondary N) is 2. The fourth-order valence-corrected chi connectivity index (χ4v) is 2.47. The van der Waals surface area contributed by atoms with E-state index < -0.39 is 0 Å². The van der Waals surface area contributed by atoms with Crippen LogP contribution < -0.4 is 10.6 Å². The summed E-state index contributed by atoms with van der Waals surface area (Å²) in [4.78, 5) is 16.2. The third-order valence-electron chi connectivity index (χ3n) is 3.38. The first-order valence-electron chi connectivity index (χ1n) is 7.06. The summed E-state index contributed by atoms with van der Waals surface area (Å²) in [5.74, 6) is -0.0335. The zero-order valence-corrected chi connectivity index (χ0v) is 13.3.